The molecule has 10 heteroatoms. The molecule has 1 aliphatic heterocycles. The van der Waals surface area contributed by atoms with Gasteiger partial charge in [0.15, 0.2) is 11.5 Å². The van der Waals surface area contributed by atoms with E-state index in [9.17, 15) is 0 Å². The molecule has 142 valence electrons. The SMILES string of the molecule is CC1C(c2cn[nH]c2)OCCN1c1ccnc(-c2cnc3cnc(Cl)cn23)n1. The Morgan fingerprint density at radius 1 is 1.21 bits per heavy atom. The van der Waals surface area contributed by atoms with Crippen LogP contribution in [0.3, 0.4) is 0 Å². The van der Waals surface area contributed by atoms with Gasteiger partial charge in [-0.2, -0.15) is 5.10 Å². The first-order chi connectivity index (χ1) is 13.7. The molecule has 0 saturated carbocycles. The molecule has 1 saturated heterocycles. The van der Waals surface area contributed by atoms with Crippen LogP contribution in [0.2, 0.25) is 5.15 Å². The fourth-order valence-electron chi connectivity index (χ4n) is 3.56. The molecule has 2 unspecified atom stereocenters. The van der Waals surface area contributed by atoms with E-state index in [1.807, 2.05) is 16.7 Å². The average Bonchev–Trinajstić information content (AvgIpc) is 3.38. The molecule has 0 aliphatic carbocycles. The zero-order valence-electron chi connectivity index (χ0n) is 15.0. The Hall–Kier alpha value is -3.04. The summed E-state index contributed by atoms with van der Waals surface area (Å²) in [6.07, 6.45) is 10.4. The van der Waals surface area contributed by atoms with Crippen LogP contribution in [0.25, 0.3) is 17.2 Å². The van der Waals surface area contributed by atoms with Crippen molar-refractivity contribution in [2.45, 2.75) is 19.1 Å². The van der Waals surface area contributed by atoms with Crippen LogP contribution in [0.5, 0.6) is 0 Å². The van der Waals surface area contributed by atoms with Crippen molar-refractivity contribution in [2.75, 3.05) is 18.1 Å². The number of hydrogen-bond acceptors (Lipinski definition) is 7. The van der Waals surface area contributed by atoms with Gasteiger partial charge in [0.1, 0.15) is 22.8 Å². The highest BCUT2D eigenvalue weighted by Crippen LogP contribution is 2.31. The van der Waals surface area contributed by atoms with Gasteiger partial charge >= 0.3 is 0 Å². The lowest BCUT2D eigenvalue weighted by Gasteiger charge is -2.39. The van der Waals surface area contributed by atoms with Gasteiger partial charge in [-0.05, 0) is 13.0 Å². The molecule has 9 nitrogen and oxygen atoms in total. The molecule has 1 aliphatic rings. The van der Waals surface area contributed by atoms with Crippen molar-refractivity contribution in [1.82, 2.24) is 34.5 Å². The molecule has 28 heavy (non-hydrogen) atoms. The van der Waals surface area contributed by atoms with Crippen LogP contribution in [0, 0.1) is 0 Å². The first-order valence-corrected chi connectivity index (χ1v) is 9.27. The van der Waals surface area contributed by atoms with E-state index in [1.165, 1.54) is 0 Å². The molecule has 4 aromatic heterocycles. The molecule has 0 spiro atoms. The second-order valence-corrected chi connectivity index (χ2v) is 6.96. The molecule has 0 radical (unpaired) electrons. The van der Waals surface area contributed by atoms with Crippen LogP contribution in [0.15, 0.2) is 43.2 Å². The fourth-order valence-corrected chi connectivity index (χ4v) is 3.71. The van der Waals surface area contributed by atoms with E-state index in [0.29, 0.717) is 23.2 Å². The van der Waals surface area contributed by atoms with E-state index in [-0.39, 0.29) is 12.1 Å². The number of halogens is 1. The van der Waals surface area contributed by atoms with E-state index in [4.69, 9.17) is 21.3 Å². The Bertz CT molecular complexity index is 1110. The summed E-state index contributed by atoms with van der Waals surface area (Å²) in [6.45, 7) is 3.48. The van der Waals surface area contributed by atoms with Gasteiger partial charge in [0, 0.05) is 30.7 Å². The summed E-state index contributed by atoms with van der Waals surface area (Å²) in [4.78, 5) is 19.9. The Balaban J connectivity index is 1.51. The van der Waals surface area contributed by atoms with Crippen LogP contribution >= 0.6 is 11.6 Å². The lowest BCUT2D eigenvalue weighted by atomic mass is 10.0. The van der Waals surface area contributed by atoms with Crippen LogP contribution in [-0.4, -0.2) is 53.7 Å². The number of nitrogens with one attached hydrogen (secondary N) is 1. The lowest BCUT2D eigenvalue weighted by Crippen LogP contribution is -2.46. The molecule has 0 amide bonds. The molecule has 0 bridgehead atoms. The van der Waals surface area contributed by atoms with Gasteiger partial charge in [-0.3, -0.25) is 9.50 Å². The Kier molecular flexibility index (Phi) is 4.18. The molecular formula is C18H17ClN8O. The highest BCUT2D eigenvalue weighted by molar-refractivity contribution is 6.29. The molecule has 5 heterocycles. The van der Waals surface area contributed by atoms with Gasteiger partial charge in [0.25, 0.3) is 0 Å². The molecule has 1 N–H and O–H groups in total. The van der Waals surface area contributed by atoms with E-state index in [0.717, 1.165) is 23.6 Å². The number of imidazole rings is 1. The van der Waals surface area contributed by atoms with Crippen LogP contribution < -0.4 is 4.90 Å². The van der Waals surface area contributed by atoms with Crippen molar-refractivity contribution in [3.63, 3.8) is 0 Å². The van der Waals surface area contributed by atoms with Crippen molar-refractivity contribution in [1.29, 1.82) is 0 Å². The molecule has 4 aromatic rings. The lowest BCUT2D eigenvalue weighted by molar-refractivity contribution is 0.0143. The predicted molar refractivity (Wildman–Crippen MR) is 103 cm³/mol. The number of aromatic nitrogens is 7. The maximum atomic E-state index is 6.04. The zero-order valence-corrected chi connectivity index (χ0v) is 15.8. The second-order valence-electron chi connectivity index (χ2n) is 6.58. The number of fused-ring (bicyclic) bond motifs is 1. The Labute approximate surface area is 165 Å². The third kappa shape index (κ3) is 2.88. The molecular weight excluding hydrogens is 380 g/mol. The minimum Gasteiger partial charge on any atom is -0.369 e. The summed E-state index contributed by atoms with van der Waals surface area (Å²) in [5, 5.41) is 7.27. The second kappa shape index (κ2) is 6.84. The summed E-state index contributed by atoms with van der Waals surface area (Å²) in [6, 6.07) is 2.00. The van der Waals surface area contributed by atoms with E-state index >= 15 is 0 Å². The maximum Gasteiger partial charge on any atom is 0.180 e. The van der Waals surface area contributed by atoms with Gasteiger partial charge in [-0.15, -0.1) is 0 Å². The van der Waals surface area contributed by atoms with Gasteiger partial charge < -0.3 is 9.64 Å². The standard InChI is InChI=1S/C18H17ClN8O/c1-11-17(12-6-23-24-7-12)28-5-4-26(11)15-2-3-20-18(25-15)13-8-22-16-9-21-14(19)10-27(13)16/h2-3,6-11,17H,4-5H2,1H3,(H,23,24). The first kappa shape index (κ1) is 17.1. The average molecular weight is 397 g/mol. The number of nitrogens with zero attached hydrogens (tertiary/aromatic N) is 7. The molecule has 5 rings (SSSR count). The highest BCUT2D eigenvalue weighted by Gasteiger charge is 2.31. The van der Waals surface area contributed by atoms with Crippen molar-refractivity contribution in [3.8, 4) is 11.5 Å². The summed E-state index contributed by atoms with van der Waals surface area (Å²) < 4.78 is 7.82. The summed E-state index contributed by atoms with van der Waals surface area (Å²) in [5.41, 5.74) is 2.47. The van der Waals surface area contributed by atoms with Crippen molar-refractivity contribution in [2.24, 2.45) is 0 Å². The van der Waals surface area contributed by atoms with Crippen molar-refractivity contribution >= 4 is 23.1 Å². The monoisotopic (exact) mass is 396 g/mol. The Morgan fingerprint density at radius 2 is 2.14 bits per heavy atom. The first-order valence-electron chi connectivity index (χ1n) is 8.89. The summed E-state index contributed by atoms with van der Waals surface area (Å²) >= 11 is 6.04. The number of morpholine rings is 1. The number of H-pyrrole nitrogens is 1. The normalized spacial score (nSPS) is 20.0. The topological polar surface area (TPSA) is 97.1 Å². The summed E-state index contributed by atoms with van der Waals surface area (Å²) in [7, 11) is 0. The number of rotatable bonds is 3. The zero-order chi connectivity index (χ0) is 19.1. The molecule has 1 fully saturated rings. The van der Waals surface area contributed by atoms with E-state index in [2.05, 4.69) is 37.0 Å². The van der Waals surface area contributed by atoms with Crippen molar-refractivity contribution in [3.05, 3.63) is 54.0 Å². The maximum absolute atomic E-state index is 6.04. The van der Waals surface area contributed by atoms with Gasteiger partial charge in [-0.1, -0.05) is 11.6 Å². The quantitative estimate of drug-likeness (QED) is 0.568. The van der Waals surface area contributed by atoms with E-state index < -0.39 is 0 Å². The largest absolute Gasteiger partial charge is 0.369 e. The minimum atomic E-state index is -0.0772. The molecule has 2 atom stereocenters. The number of aromatic amines is 1. The number of ether oxygens (including phenoxy) is 1. The number of hydrogen-bond donors (Lipinski definition) is 1. The smallest absolute Gasteiger partial charge is 0.180 e. The minimum absolute atomic E-state index is 0.0772. The number of anilines is 1. The van der Waals surface area contributed by atoms with Gasteiger partial charge in [-0.25, -0.2) is 19.9 Å². The third-order valence-corrected chi connectivity index (χ3v) is 5.13. The van der Waals surface area contributed by atoms with E-state index in [1.54, 1.807) is 31.0 Å². The van der Waals surface area contributed by atoms with Crippen LogP contribution in [0.4, 0.5) is 5.82 Å². The summed E-state index contributed by atoms with van der Waals surface area (Å²) in [5.74, 6) is 1.41. The fraction of sp³-hybridized carbons (Fsp3) is 0.278. The predicted octanol–water partition coefficient (Wildman–Crippen LogP) is 2.53. The third-order valence-electron chi connectivity index (χ3n) is 4.94. The van der Waals surface area contributed by atoms with Gasteiger partial charge in [0.05, 0.1) is 31.2 Å². The van der Waals surface area contributed by atoms with Crippen molar-refractivity contribution < 1.29 is 4.74 Å². The highest BCUT2D eigenvalue weighted by atomic mass is 35.5. The van der Waals surface area contributed by atoms with Crippen LogP contribution in [-0.2, 0) is 4.74 Å². The van der Waals surface area contributed by atoms with Crippen LogP contribution in [0.1, 0.15) is 18.6 Å². The Morgan fingerprint density at radius 3 is 3.00 bits per heavy atom. The molecule has 0 aromatic carbocycles. The van der Waals surface area contributed by atoms with Gasteiger partial charge in [0.2, 0.25) is 0 Å².